The number of nitrogens with zero attached hydrogens (tertiary/aromatic N) is 2. The van der Waals surface area contributed by atoms with E-state index in [1.807, 2.05) is 4.90 Å². The van der Waals surface area contributed by atoms with E-state index in [4.69, 9.17) is 11.6 Å². The molecule has 0 aromatic heterocycles. The van der Waals surface area contributed by atoms with E-state index in [0.29, 0.717) is 23.8 Å². The van der Waals surface area contributed by atoms with Crippen molar-refractivity contribution in [2.45, 2.75) is 25.9 Å². The number of aliphatic hydroxyl groups is 1. The maximum absolute atomic E-state index is 11.0. The summed E-state index contributed by atoms with van der Waals surface area (Å²) in [5, 5.41) is 21.1. The Morgan fingerprint density at radius 3 is 2.63 bits per heavy atom. The minimum absolute atomic E-state index is 0.0832. The summed E-state index contributed by atoms with van der Waals surface area (Å²) in [6.07, 6.45) is 1.35. The van der Waals surface area contributed by atoms with Crippen LogP contribution in [-0.4, -0.2) is 29.2 Å². The SMILES string of the molecule is CC(O)C1CCN(c2cc(Cl)ccc2[N+](=O)[O-])CC1. The Hall–Kier alpha value is -1.33. The number of hydrogen-bond donors (Lipinski definition) is 1. The van der Waals surface area contributed by atoms with Crippen molar-refractivity contribution in [3.05, 3.63) is 33.3 Å². The van der Waals surface area contributed by atoms with Crippen molar-refractivity contribution >= 4 is 23.0 Å². The molecule has 1 heterocycles. The van der Waals surface area contributed by atoms with Crippen molar-refractivity contribution < 1.29 is 10.0 Å². The molecule has 6 heteroatoms. The van der Waals surface area contributed by atoms with Crippen LogP contribution >= 0.6 is 11.6 Å². The molecule has 0 spiro atoms. The summed E-state index contributed by atoms with van der Waals surface area (Å²) in [6, 6.07) is 4.62. The van der Waals surface area contributed by atoms with Gasteiger partial charge in [-0.15, -0.1) is 0 Å². The van der Waals surface area contributed by atoms with Gasteiger partial charge in [0.05, 0.1) is 11.0 Å². The number of piperidine rings is 1. The Labute approximate surface area is 116 Å². The highest BCUT2D eigenvalue weighted by atomic mass is 35.5. The number of nitro benzene ring substituents is 1. The molecule has 1 aliphatic rings. The zero-order chi connectivity index (χ0) is 14.0. The number of halogens is 1. The molecule has 1 fully saturated rings. The fraction of sp³-hybridized carbons (Fsp3) is 0.538. The zero-order valence-electron chi connectivity index (χ0n) is 10.8. The fourth-order valence-electron chi connectivity index (χ4n) is 2.53. The van der Waals surface area contributed by atoms with Crippen LogP contribution in [0.1, 0.15) is 19.8 Å². The molecule has 1 aromatic carbocycles. The predicted molar refractivity (Wildman–Crippen MR) is 74.7 cm³/mol. The number of hydrogen-bond acceptors (Lipinski definition) is 4. The molecular formula is C13H17ClN2O3. The van der Waals surface area contributed by atoms with Gasteiger partial charge < -0.3 is 10.0 Å². The van der Waals surface area contributed by atoms with Crippen LogP contribution in [0, 0.1) is 16.0 Å². The Balaban J connectivity index is 2.19. The molecule has 19 heavy (non-hydrogen) atoms. The molecule has 0 saturated carbocycles. The Bertz CT molecular complexity index is 471. The van der Waals surface area contributed by atoms with Crippen molar-refractivity contribution in [1.82, 2.24) is 0 Å². The maximum atomic E-state index is 11.0. The van der Waals surface area contributed by atoms with Gasteiger partial charge in [0.2, 0.25) is 0 Å². The first kappa shape index (κ1) is 14.1. The molecule has 0 amide bonds. The second-order valence-electron chi connectivity index (χ2n) is 4.96. The van der Waals surface area contributed by atoms with Gasteiger partial charge in [0.25, 0.3) is 5.69 Å². The Morgan fingerprint density at radius 1 is 1.47 bits per heavy atom. The van der Waals surface area contributed by atoms with E-state index in [2.05, 4.69) is 0 Å². The molecule has 1 saturated heterocycles. The standard InChI is InChI=1S/C13H17ClN2O3/c1-9(17)10-4-6-15(7-5-10)13-8-11(14)2-3-12(13)16(18)19/h2-3,8-10,17H,4-7H2,1H3. The Morgan fingerprint density at radius 2 is 2.11 bits per heavy atom. The summed E-state index contributed by atoms with van der Waals surface area (Å²) in [6.45, 7) is 3.20. The number of nitro groups is 1. The number of anilines is 1. The molecule has 1 unspecified atom stereocenters. The van der Waals surface area contributed by atoms with Crippen LogP contribution in [0.2, 0.25) is 5.02 Å². The topological polar surface area (TPSA) is 66.6 Å². The molecule has 104 valence electrons. The minimum Gasteiger partial charge on any atom is -0.393 e. The van der Waals surface area contributed by atoms with Crippen LogP contribution in [0.15, 0.2) is 18.2 Å². The zero-order valence-corrected chi connectivity index (χ0v) is 11.5. The van der Waals surface area contributed by atoms with Crippen LogP contribution in [0.4, 0.5) is 11.4 Å². The molecule has 0 bridgehead atoms. The number of rotatable bonds is 3. The van der Waals surface area contributed by atoms with Gasteiger partial charge >= 0.3 is 0 Å². The van der Waals surface area contributed by atoms with E-state index in [-0.39, 0.29) is 22.6 Å². The second kappa shape index (κ2) is 5.75. The average Bonchev–Trinajstić information content (AvgIpc) is 2.38. The highest BCUT2D eigenvalue weighted by Crippen LogP contribution is 2.34. The normalized spacial score (nSPS) is 18.4. The third kappa shape index (κ3) is 3.16. The van der Waals surface area contributed by atoms with E-state index in [1.165, 1.54) is 12.1 Å². The first-order valence-electron chi connectivity index (χ1n) is 6.36. The van der Waals surface area contributed by atoms with Gasteiger partial charge in [-0.1, -0.05) is 11.6 Å². The van der Waals surface area contributed by atoms with Gasteiger partial charge in [-0.25, -0.2) is 0 Å². The molecule has 5 nitrogen and oxygen atoms in total. The molecule has 1 atom stereocenters. The summed E-state index contributed by atoms with van der Waals surface area (Å²) in [5.74, 6) is 0.273. The molecule has 0 aliphatic carbocycles. The van der Waals surface area contributed by atoms with Crippen LogP contribution in [0.3, 0.4) is 0 Å². The van der Waals surface area contributed by atoms with Crippen molar-refractivity contribution in [1.29, 1.82) is 0 Å². The highest BCUT2D eigenvalue weighted by molar-refractivity contribution is 6.31. The van der Waals surface area contributed by atoms with E-state index < -0.39 is 0 Å². The van der Waals surface area contributed by atoms with E-state index in [9.17, 15) is 15.2 Å². The smallest absolute Gasteiger partial charge is 0.292 e. The third-order valence-electron chi connectivity index (χ3n) is 3.70. The molecule has 0 radical (unpaired) electrons. The van der Waals surface area contributed by atoms with Crippen molar-refractivity contribution in [3.8, 4) is 0 Å². The summed E-state index contributed by atoms with van der Waals surface area (Å²) in [4.78, 5) is 12.6. The lowest BCUT2D eigenvalue weighted by molar-refractivity contribution is -0.384. The van der Waals surface area contributed by atoms with Gasteiger partial charge in [-0.3, -0.25) is 10.1 Å². The summed E-state index contributed by atoms with van der Waals surface area (Å²) < 4.78 is 0. The predicted octanol–water partition coefficient (Wildman–Crippen LogP) is 2.85. The average molecular weight is 285 g/mol. The minimum atomic E-state index is -0.383. The summed E-state index contributed by atoms with van der Waals surface area (Å²) in [7, 11) is 0. The van der Waals surface area contributed by atoms with Crippen LogP contribution < -0.4 is 4.90 Å². The number of benzene rings is 1. The molecule has 1 aromatic rings. The van der Waals surface area contributed by atoms with E-state index in [1.54, 1.807) is 13.0 Å². The van der Waals surface area contributed by atoms with Gasteiger partial charge in [0.1, 0.15) is 5.69 Å². The lowest BCUT2D eigenvalue weighted by Crippen LogP contribution is -2.37. The third-order valence-corrected chi connectivity index (χ3v) is 3.93. The van der Waals surface area contributed by atoms with Gasteiger partial charge in [-0.05, 0) is 37.8 Å². The van der Waals surface area contributed by atoms with Crippen LogP contribution in [0.25, 0.3) is 0 Å². The van der Waals surface area contributed by atoms with Crippen molar-refractivity contribution in [2.75, 3.05) is 18.0 Å². The largest absolute Gasteiger partial charge is 0.393 e. The monoisotopic (exact) mass is 284 g/mol. The lowest BCUT2D eigenvalue weighted by atomic mass is 9.92. The van der Waals surface area contributed by atoms with Crippen LogP contribution in [0.5, 0.6) is 0 Å². The highest BCUT2D eigenvalue weighted by Gasteiger charge is 2.26. The second-order valence-corrected chi connectivity index (χ2v) is 5.39. The quantitative estimate of drug-likeness (QED) is 0.685. The maximum Gasteiger partial charge on any atom is 0.292 e. The van der Waals surface area contributed by atoms with Crippen LogP contribution in [-0.2, 0) is 0 Å². The fourth-order valence-corrected chi connectivity index (χ4v) is 2.69. The lowest BCUT2D eigenvalue weighted by Gasteiger charge is -2.34. The summed E-state index contributed by atoms with van der Waals surface area (Å²) >= 11 is 5.93. The van der Waals surface area contributed by atoms with Crippen molar-refractivity contribution in [2.24, 2.45) is 5.92 Å². The van der Waals surface area contributed by atoms with E-state index in [0.717, 1.165) is 12.8 Å². The molecular weight excluding hydrogens is 268 g/mol. The van der Waals surface area contributed by atoms with Crippen molar-refractivity contribution in [3.63, 3.8) is 0 Å². The van der Waals surface area contributed by atoms with Gasteiger partial charge in [-0.2, -0.15) is 0 Å². The first-order chi connectivity index (χ1) is 8.99. The first-order valence-corrected chi connectivity index (χ1v) is 6.74. The number of aliphatic hydroxyl groups excluding tert-OH is 1. The summed E-state index contributed by atoms with van der Waals surface area (Å²) in [5.41, 5.74) is 0.654. The van der Waals surface area contributed by atoms with E-state index >= 15 is 0 Å². The molecule has 1 N–H and O–H groups in total. The molecule has 1 aliphatic heterocycles. The van der Waals surface area contributed by atoms with Gasteiger partial charge in [0.15, 0.2) is 0 Å². The van der Waals surface area contributed by atoms with Gasteiger partial charge in [0, 0.05) is 24.2 Å². The molecule has 2 rings (SSSR count). The Kier molecular flexibility index (Phi) is 4.27.